The van der Waals surface area contributed by atoms with E-state index in [1.165, 1.54) is 12.1 Å². The summed E-state index contributed by atoms with van der Waals surface area (Å²) in [6, 6.07) is 14.5. The number of ether oxygens (including phenoxy) is 1. The standard InChI is InChI=1S/C44H48BrF2N8O4P/c1-5-27-20-34(51-43-49-22-30(45)41(53-43)50-35-23-48-33-9-7-6-8-28(33)40(35)60(3,4)58)37(59-2)21-36(27)55-16-13-44(14-17-55)24-54(25-44)15-12-26-18-31(46)39(32(47)19-26)29-10-11-38(56)52-42(29)57/h6-9,18-23,29H,5,10-17,24-25H2,1-4H3,(H,52,56,57)(H2,49,50,51,53). The van der Waals surface area contributed by atoms with Crippen LogP contribution >= 0.6 is 23.1 Å². The zero-order valence-corrected chi connectivity index (χ0v) is 36.6. The fourth-order valence-electron chi connectivity index (χ4n) is 8.99. The summed E-state index contributed by atoms with van der Waals surface area (Å²) in [5.74, 6) is -2.03. The number of carbonyl (C=O) groups is 2. The third kappa shape index (κ3) is 8.49. The lowest BCUT2D eigenvalue weighted by molar-refractivity contribution is -0.134. The number of imide groups is 1. The number of likely N-dealkylation sites (tertiary alicyclic amines) is 1. The molecular formula is C44H48BrF2N8O4P. The Bertz CT molecular complexity index is 2520. The first-order valence-electron chi connectivity index (χ1n) is 20.2. The van der Waals surface area contributed by atoms with Crippen molar-refractivity contribution < 1.29 is 27.7 Å². The summed E-state index contributed by atoms with van der Waals surface area (Å²) in [5.41, 5.74) is 4.92. The van der Waals surface area contributed by atoms with Gasteiger partial charge in [-0.25, -0.2) is 13.8 Å². The molecule has 3 fully saturated rings. The first-order chi connectivity index (χ1) is 28.7. The number of fused-ring (bicyclic) bond motifs is 1. The Morgan fingerprint density at radius 2 is 1.73 bits per heavy atom. The Morgan fingerprint density at radius 1 is 1.00 bits per heavy atom. The molecule has 3 aromatic carbocycles. The molecule has 12 nitrogen and oxygen atoms in total. The number of halogens is 3. The molecule has 0 radical (unpaired) electrons. The number of rotatable bonds is 12. The summed E-state index contributed by atoms with van der Waals surface area (Å²) in [6.07, 6.45) is 6.88. The molecule has 3 aliphatic heterocycles. The number of anilines is 5. The third-order valence-corrected chi connectivity index (χ3v) is 14.2. The first-order valence-corrected chi connectivity index (χ1v) is 23.6. The van der Waals surface area contributed by atoms with E-state index in [4.69, 9.17) is 9.72 Å². The molecule has 0 bridgehead atoms. The minimum Gasteiger partial charge on any atom is -0.494 e. The van der Waals surface area contributed by atoms with Gasteiger partial charge in [-0.1, -0.05) is 25.1 Å². The van der Waals surface area contributed by atoms with Crippen LogP contribution in [0.1, 0.15) is 55.2 Å². The van der Waals surface area contributed by atoms with Gasteiger partial charge in [-0.05, 0) is 102 Å². The van der Waals surface area contributed by atoms with E-state index in [0.29, 0.717) is 51.5 Å². The lowest BCUT2D eigenvalue weighted by Crippen LogP contribution is -2.60. The van der Waals surface area contributed by atoms with Crippen LogP contribution in [-0.4, -0.2) is 84.8 Å². The van der Waals surface area contributed by atoms with Gasteiger partial charge in [-0.3, -0.25) is 19.9 Å². The minimum absolute atomic E-state index is 0.0612. The SMILES string of the molecule is CCc1cc(Nc2ncc(Br)c(Nc3cnc4ccccc4c3P(C)(C)=O)n2)c(OC)cc1N1CCC2(CC1)CN(CCc1cc(F)c(C3CCC(=O)NC3=O)c(F)c1)C2. The van der Waals surface area contributed by atoms with E-state index in [9.17, 15) is 14.2 Å². The van der Waals surface area contributed by atoms with Crippen LogP contribution in [0.4, 0.5) is 37.6 Å². The Morgan fingerprint density at radius 3 is 2.42 bits per heavy atom. The predicted molar refractivity (Wildman–Crippen MR) is 235 cm³/mol. The molecule has 0 aliphatic carbocycles. The van der Waals surface area contributed by atoms with Gasteiger partial charge in [0, 0.05) is 73.3 Å². The van der Waals surface area contributed by atoms with Crippen molar-refractivity contribution >= 4 is 79.9 Å². The molecule has 2 amide bonds. The molecule has 2 aromatic heterocycles. The van der Waals surface area contributed by atoms with E-state index in [0.717, 1.165) is 73.3 Å². The number of piperidine rings is 2. The second-order valence-electron chi connectivity index (χ2n) is 16.5. The summed E-state index contributed by atoms with van der Waals surface area (Å²) in [5, 5.41) is 10.5. The Kier molecular flexibility index (Phi) is 11.7. The molecule has 16 heteroatoms. The molecule has 5 heterocycles. The highest BCUT2D eigenvalue weighted by molar-refractivity contribution is 9.10. The summed E-state index contributed by atoms with van der Waals surface area (Å²) in [4.78, 5) is 42.5. The van der Waals surface area contributed by atoms with Crippen LogP contribution in [0.5, 0.6) is 5.75 Å². The molecule has 1 spiro atoms. The number of hydrogen-bond donors (Lipinski definition) is 3. The highest BCUT2D eigenvalue weighted by Gasteiger charge is 2.44. The van der Waals surface area contributed by atoms with Crippen molar-refractivity contribution in [2.75, 3.05) is 68.7 Å². The molecule has 3 saturated heterocycles. The maximum absolute atomic E-state index is 15.1. The fourth-order valence-corrected chi connectivity index (χ4v) is 10.7. The topological polar surface area (TPSA) is 142 Å². The average Bonchev–Trinajstić information content (AvgIpc) is 3.20. The van der Waals surface area contributed by atoms with Gasteiger partial charge in [0.15, 0.2) is 0 Å². The third-order valence-electron chi connectivity index (χ3n) is 12.0. The van der Waals surface area contributed by atoms with Gasteiger partial charge in [0.2, 0.25) is 17.8 Å². The quantitative estimate of drug-likeness (QED) is 0.0828. The first kappa shape index (κ1) is 41.7. The van der Waals surface area contributed by atoms with Crippen LogP contribution in [-0.2, 0) is 27.0 Å². The molecule has 3 aliphatic rings. The molecule has 60 heavy (non-hydrogen) atoms. The molecule has 3 N–H and O–H groups in total. The number of amides is 2. The molecule has 8 rings (SSSR count). The van der Waals surface area contributed by atoms with E-state index in [2.05, 4.69) is 70.7 Å². The number of hydrogen-bond acceptors (Lipinski definition) is 11. The molecule has 314 valence electrons. The van der Waals surface area contributed by atoms with Crippen LogP contribution < -0.4 is 30.9 Å². The number of nitrogens with one attached hydrogen (secondary N) is 3. The van der Waals surface area contributed by atoms with Crippen LogP contribution in [0, 0.1) is 17.0 Å². The van der Waals surface area contributed by atoms with Gasteiger partial charge in [0.1, 0.15) is 30.3 Å². The van der Waals surface area contributed by atoms with Crippen molar-refractivity contribution in [3.8, 4) is 5.75 Å². The van der Waals surface area contributed by atoms with E-state index >= 15 is 8.78 Å². The van der Waals surface area contributed by atoms with Gasteiger partial charge in [-0.15, -0.1) is 0 Å². The molecular weight excluding hydrogens is 853 g/mol. The number of carbonyl (C=O) groups excluding carboxylic acids is 2. The number of aromatic nitrogens is 3. The van der Waals surface area contributed by atoms with Crippen LogP contribution in [0.25, 0.3) is 10.9 Å². The Labute approximate surface area is 356 Å². The van der Waals surface area contributed by atoms with Crippen LogP contribution in [0.2, 0.25) is 0 Å². The predicted octanol–water partition coefficient (Wildman–Crippen LogP) is 8.04. The van der Waals surface area contributed by atoms with E-state index in [1.807, 2.05) is 24.3 Å². The maximum atomic E-state index is 15.1. The average molecular weight is 902 g/mol. The summed E-state index contributed by atoms with van der Waals surface area (Å²) in [6.45, 7) is 9.99. The number of nitrogens with zero attached hydrogens (tertiary/aromatic N) is 5. The largest absolute Gasteiger partial charge is 0.494 e. The minimum atomic E-state index is -2.72. The van der Waals surface area contributed by atoms with E-state index in [-0.39, 0.29) is 23.8 Å². The summed E-state index contributed by atoms with van der Waals surface area (Å²) < 4.78 is 50.3. The van der Waals surface area contributed by atoms with Crippen LogP contribution in [0.15, 0.2) is 65.4 Å². The fraction of sp³-hybridized carbons (Fsp3) is 0.386. The van der Waals surface area contributed by atoms with Gasteiger partial charge in [-0.2, -0.15) is 4.98 Å². The monoisotopic (exact) mass is 900 g/mol. The van der Waals surface area contributed by atoms with Crippen molar-refractivity contribution in [3.05, 3.63) is 93.7 Å². The smallest absolute Gasteiger partial charge is 0.234 e. The maximum Gasteiger partial charge on any atom is 0.234 e. The Hall–Kier alpha value is -4.98. The lowest BCUT2D eigenvalue weighted by Gasteiger charge is -2.54. The number of para-hydroxylation sites is 1. The second kappa shape index (κ2) is 16.8. The van der Waals surface area contributed by atoms with Gasteiger partial charge >= 0.3 is 0 Å². The molecule has 1 unspecified atom stereocenters. The van der Waals surface area contributed by atoms with Crippen molar-refractivity contribution in [1.29, 1.82) is 0 Å². The van der Waals surface area contributed by atoms with Crippen LogP contribution in [0.3, 0.4) is 0 Å². The summed E-state index contributed by atoms with van der Waals surface area (Å²) in [7, 11) is -1.08. The molecule has 1 atom stereocenters. The van der Waals surface area contributed by atoms with Crippen molar-refractivity contribution in [3.63, 3.8) is 0 Å². The molecule has 5 aromatic rings. The molecule has 0 saturated carbocycles. The summed E-state index contributed by atoms with van der Waals surface area (Å²) >= 11 is 3.58. The highest BCUT2D eigenvalue weighted by atomic mass is 79.9. The normalized spacial score (nSPS) is 18.1. The van der Waals surface area contributed by atoms with Crippen molar-refractivity contribution in [1.82, 2.24) is 25.2 Å². The number of pyridine rings is 1. The van der Waals surface area contributed by atoms with Gasteiger partial charge < -0.3 is 29.7 Å². The van der Waals surface area contributed by atoms with E-state index < -0.39 is 36.5 Å². The number of methoxy groups -OCH3 is 1. The zero-order valence-electron chi connectivity index (χ0n) is 34.1. The van der Waals surface area contributed by atoms with Gasteiger partial charge in [0.05, 0.1) is 40.6 Å². The number of aryl methyl sites for hydroxylation is 1. The second-order valence-corrected chi connectivity index (χ2v) is 20.5. The highest BCUT2D eigenvalue weighted by Crippen LogP contribution is 2.45. The zero-order chi connectivity index (χ0) is 42.3. The van der Waals surface area contributed by atoms with Crippen molar-refractivity contribution in [2.45, 2.75) is 51.4 Å². The lowest BCUT2D eigenvalue weighted by atomic mass is 9.71. The Balaban J connectivity index is 0.901. The number of benzene rings is 3. The van der Waals surface area contributed by atoms with E-state index in [1.54, 1.807) is 32.8 Å². The van der Waals surface area contributed by atoms with Crippen molar-refractivity contribution in [2.24, 2.45) is 5.41 Å². The van der Waals surface area contributed by atoms with Gasteiger partial charge in [0.25, 0.3) is 0 Å².